The number of amides is 1. The summed E-state index contributed by atoms with van der Waals surface area (Å²) in [6, 6.07) is 6.55. The Morgan fingerprint density at radius 1 is 1.33 bits per heavy atom. The van der Waals surface area contributed by atoms with Gasteiger partial charge in [0.25, 0.3) is 0 Å². The molecule has 0 spiro atoms. The van der Waals surface area contributed by atoms with Gasteiger partial charge in [-0.15, -0.1) is 0 Å². The van der Waals surface area contributed by atoms with Crippen LogP contribution in [0.15, 0.2) is 24.3 Å². The third-order valence-corrected chi connectivity index (χ3v) is 2.42. The summed E-state index contributed by atoms with van der Waals surface area (Å²) in [5, 5.41) is 2.73. The van der Waals surface area contributed by atoms with E-state index in [1.807, 2.05) is 6.92 Å². The zero-order valence-corrected chi connectivity index (χ0v) is 10.6. The third-order valence-electron chi connectivity index (χ3n) is 2.42. The highest BCUT2D eigenvalue weighted by Gasteiger charge is 2.06. The van der Waals surface area contributed by atoms with Crippen LogP contribution in [0, 0.1) is 0 Å². The Kier molecular flexibility index (Phi) is 5.32. The van der Waals surface area contributed by atoms with Gasteiger partial charge >= 0.3 is 5.97 Å². The molecule has 0 aliphatic rings. The lowest BCUT2D eigenvalue weighted by Crippen LogP contribution is -2.19. The topological polar surface area (TPSA) is 81.4 Å². The van der Waals surface area contributed by atoms with Crippen LogP contribution in [0.4, 0.5) is 5.69 Å². The molecule has 1 amide bonds. The van der Waals surface area contributed by atoms with Crippen molar-refractivity contribution in [1.82, 2.24) is 0 Å². The number of carbonyl (C=O) groups excluding carboxylic acids is 2. The summed E-state index contributed by atoms with van der Waals surface area (Å²) in [6.45, 7) is 1.86. The van der Waals surface area contributed by atoms with Crippen LogP contribution >= 0.6 is 0 Å². The third kappa shape index (κ3) is 4.55. The van der Waals surface area contributed by atoms with Crippen molar-refractivity contribution in [3.8, 4) is 0 Å². The average Bonchev–Trinajstić information content (AvgIpc) is 2.36. The first-order valence-electron chi connectivity index (χ1n) is 5.76. The predicted molar refractivity (Wildman–Crippen MR) is 69.3 cm³/mol. The number of rotatable bonds is 5. The van der Waals surface area contributed by atoms with Crippen LogP contribution in [-0.4, -0.2) is 25.0 Å². The average molecular weight is 250 g/mol. The lowest BCUT2D eigenvalue weighted by molar-refractivity contribution is -0.116. The predicted octanol–water partition coefficient (Wildman–Crippen LogP) is 1.54. The minimum absolute atomic E-state index is 0.0115. The highest BCUT2D eigenvalue weighted by atomic mass is 16.5. The van der Waals surface area contributed by atoms with Gasteiger partial charge in [-0.25, -0.2) is 4.79 Å². The Labute approximate surface area is 106 Å². The summed E-state index contributed by atoms with van der Waals surface area (Å²) in [4.78, 5) is 22.7. The fourth-order valence-corrected chi connectivity index (χ4v) is 1.39. The molecule has 0 fully saturated rings. The Hall–Kier alpha value is -1.88. The molecule has 0 radical (unpaired) electrons. The molecule has 0 heterocycles. The number of benzene rings is 1. The lowest BCUT2D eigenvalue weighted by Gasteiger charge is -2.07. The molecule has 3 N–H and O–H groups in total. The first kappa shape index (κ1) is 14.2. The summed E-state index contributed by atoms with van der Waals surface area (Å²) >= 11 is 0. The number of nitrogens with one attached hydrogen (secondary N) is 1. The van der Waals surface area contributed by atoms with Crippen LogP contribution in [0.25, 0.3) is 0 Å². The van der Waals surface area contributed by atoms with Gasteiger partial charge in [0.2, 0.25) is 5.91 Å². The molecule has 0 bridgehead atoms. The molecule has 5 nitrogen and oxygen atoms in total. The van der Waals surface area contributed by atoms with E-state index in [1.54, 1.807) is 24.3 Å². The molecule has 1 unspecified atom stereocenters. The zero-order valence-electron chi connectivity index (χ0n) is 10.6. The molecule has 0 aliphatic heterocycles. The van der Waals surface area contributed by atoms with Crippen LogP contribution in [0.3, 0.4) is 0 Å². The Bertz CT molecular complexity index is 413. The van der Waals surface area contributed by atoms with Crippen LogP contribution < -0.4 is 11.1 Å². The molecule has 0 aliphatic carbocycles. The van der Waals surface area contributed by atoms with Gasteiger partial charge in [-0.05, 0) is 37.6 Å². The maximum Gasteiger partial charge on any atom is 0.337 e. The molecule has 98 valence electrons. The highest BCUT2D eigenvalue weighted by Crippen LogP contribution is 2.11. The number of esters is 1. The number of hydrogen-bond donors (Lipinski definition) is 2. The van der Waals surface area contributed by atoms with Gasteiger partial charge in [-0.3, -0.25) is 4.79 Å². The smallest absolute Gasteiger partial charge is 0.337 e. The number of anilines is 1. The van der Waals surface area contributed by atoms with Crippen molar-refractivity contribution in [2.75, 3.05) is 12.4 Å². The van der Waals surface area contributed by atoms with E-state index in [0.29, 0.717) is 24.1 Å². The van der Waals surface area contributed by atoms with Gasteiger partial charge in [0.05, 0.1) is 12.7 Å². The van der Waals surface area contributed by atoms with E-state index in [2.05, 4.69) is 10.1 Å². The highest BCUT2D eigenvalue weighted by molar-refractivity contribution is 5.93. The second-order valence-corrected chi connectivity index (χ2v) is 4.13. The zero-order chi connectivity index (χ0) is 13.5. The maximum atomic E-state index is 11.5. The first-order valence-corrected chi connectivity index (χ1v) is 5.76. The van der Waals surface area contributed by atoms with Crippen molar-refractivity contribution in [3.05, 3.63) is 29.8 Å². The number of methoxy groups -OCH3 is 1. The number of ether oxygens (including phenoxy) is 1. The molecule has 5 heteroatoms. The fourth-order valence-electron chi connectivity index (χ4n) is 1.39. The van der Waals surface area contributed by atoms with Crippen molar-refractivity contribution < 1.29 is 14.3 Å². The lowest BCUT2D eigenvalue weighted by atomic mass is 10.1. The summed E-state index contributed by atoms with van der Waals surface area (Å²) in [5.74, 6) is -0.483. The van der Waals surface area contributed by atoms with Crippen molar-refractivity contribution in [2.45, 2.75) is 25.8 Å². The Morgan fingerprint density at radius 2 is 1.94 bits per heavy atom. The second kappa shape index (κ2) is 6.76. The van der Waals surface area contributed by atoms with E-state index < -0.39 is 5.97 Å². The molecule has 0 saturated heterocycles. The second-order valence-electron chi connectivity index (χ2n) is 4.13. The van der Waals surface area contributed by atoms with Crippen molar-refractivity contribution >= 4 is 17.6 Å². The summed E-state index contributed by atoms with van der Waals surface area (Å²) in [5.41, 5.74) is 6.67. The van der Waals surface area contributed by atoms with Gasteiger partial charge in [0.1, 0.15) is 0 Å². The minimum atomic E-state index is -0.398. The molecular weight excluding hydrogens is 232 g/mol. The van der Waals surface area contributed by atoms with Crippen molar-refractivity contribution in [2.24, 2.45) is 5.73 Å². The molecule has 0 aromatic heterocycles. The number of hydrogen-bond acceptors (Lipinski definition) is 4. The van der Waals surface area contributed by atoms with Crippen molar-refractivity contribution in [1.29, 1.82) is 0 Å². The monoisotopic (exact) mass is 250 g/mol. The minimum Gasteiger partial charge on any atom is -0.465 e. The standard InChI is InChI=1S/C13H18N2O3/c1-9(14)3-8-12(16)15-11-6-4-10(5-7-11)13(17)18-2/h4-7,9H,3,8,14H2,1-2H3,(H,15,16). The fraction of sp³-hybridized carbons (Fsp3) is 0.385. The number of carbonyl (C=O) groups is 2. The molecule has 1 rings (SSSR count). The van der Waals surface area contributed by atoms with Gasteiger partial charge in [-0.1, -0.05) is 0 Å². The Morgan fingerprint density at radius 3 is 2.44 bits per heavy atom. The van der Waals surface area contributed by atoms with Crippen LogP contribution in [0.2, 0.25) is 0 Å². The molecular formula is C13H18N2O3. The van der Waals surface area contributed by atoms with E-state index in [-0.39, 0.29) is 11.9 Å². The van der Waals surface area contributed by atoms with Crippen LogP contribution in [0.1, 0.15) is 30.1 Å². The quantitative estimate of drug-likeness (QED) is 0.777. The number of nitrogens with two attached hydrogens (primary N) is 1. The van der Waals surface area contributed by atoms with E-state index in [9.17, 15) is 9.59 Å². The largest absolute Gasteiger partial charge is 0.465 e. The summed E-state index contributed by atoms with van der Waals surface area (Å²) in [7, 11) is 1.33. The van der Waals surface area contributed by atoms with E-state index in [0.717, 1.165) is 0 Å². The van der Waals surface area contributed by atoms with Gasteiger partial charge in [-0.2, -0.15) is 0 Å². The SMILES string of the molecule is COC(=O)c1ccc(NC(=O)CCC(C)N)cc1. The van der Waals surface area contributed by atoms with E-state index in [4.69, 9.17) is 5.73 Å². The van der Waals surface area contributed by atoms with Crippen LogP contribution in [-0.2, 0) is 9.53 Å². The van der Waals surface area contributed by atoms with Gasteiger partial charge in [0.15, 0.2) is 0 Å². The van der Waals surface area contributed by atoms with Gasteiger partial charge in [0, 0.05) is 18.2 Å². The van der Waals surface area contributed by atoms with Crippen LogP contribution in [0.5, 0.6) is 0 Å². The molecule has 1 aromatic carbocycles. The maximum absolute atomic E-state index is 11.5. The molecule has 0 saturated carbocycles. The van der Waals surface area contributed by atoms with E-state index in [1.165, 1.54) is 7.11 Å². The summed E-state index contributed by atoms with van der Waals surface area (Å²) in [6.07, 6.45) is 1.03. The normalized spacial score (nSPS) is 11.7. The molecule has 18 heavy (non-hydrogen) atoms. The van der Waals surface area contributed by atoms with Gasteiger partial charge < -0.3 is 15.8 Å². The van der Waals surface area contributed by atoms with E-state index >= 15 is 0 Å². The molecule has 1 aromatic rings. The first-order chi connectivity index (χ1) is 8.52. The van der Waals surface area contributed by atoms with Crippen molar-refractivity contribution in [3.63, 3.8) is 0 Å². The Balaban J connectivity index is 2.53. The molecule has 1 atom stereocenters. The summed E-state index contributed by atoms with van der Waals surface area (Å²) < 4.78 is 4.58.